The normalized spacial score (nSPS) is 27.5. The molecule has 2 aliphatic rings. The van der Waals surface area contributed by atoms with Gasteiger partial charge in [-0.25, -0.2) is 8.42 Å². The Balaban J connectivity index is 1.50. The first-order valence-corrected chi connectivity index (χ1v) is 11.8. The van der Waals surface area contributed by atoms with E-state index in [1.54, 1.807) is 12.1 Å². The SMILES string of the molecule is Cc1ccc(S(=O)(=O)N2CCN(CC(=O)N[C@H]3CCC[C@H](C)[C@@H]3C)CC2)cc1. The van der Waals surface area contributed by atoms with Crippen molar-refractivity contribution in [3.63, 3.8) is 0 Å². The van der Waals surface area contributed by atoms with E-state index < -0.39 is 10.0 Å². The van der Waals surface area contributed by atoms with Gasteiger partial charge in [-0.2, -0.15) is 4.31 Å². The number of hydrogen-bond acceptors (Lipinski definition) is 4. The van der Waals surface area contributed by atoms with E-state index in [0.29, 0.717) is 49.5 Å². The number of amides is 1. The predicted octanol–water partition coefficient (Wildman–Crippen LogP) is 2.24. The van der Waals surface area contributed by atoms with E-state index in [4.69, 9.17) is 0 Å². The average molecular weight is 408 g/mol. The summed E-state index contributed by atoms with van der Waals surface area (Å²) in [5.41, 5.74) is 1.04. The van der Waals surface area contributed by atoms with Crippen molar-refractivity contribution in [2.24, 2.45) is 11.8 Å². The Morgan fingerprint density at radius 1 is 1.07 bits per heavy atom. The van der Waals surface area contributed by atoms with Gasteiger partial charge in [0.05, 0.1) is 11.4 Å². The molecular formula is C21H33N3O3S. The maximum atomic E-state index is 12.8. The molecule has 3 atom stereocenters. The molecule has 1 amide bonds. The van der Waals surface area contributed by atoms with E-state index in [0.717, 1.165) is 12.0 Å². The topological polar surface area (TPSA) is 69.7 Å². The molecule has 6 nitrogen and oxygen atoms in total. The lowest BCUT2D eigenvalue weighted by atomic mass is 9.78. The van der Waals surface area contributed by atoms with Crippen LogP contribution in [0.2, 0.25) is 0 Å². The van der Waals surface area contributed by atoms with Crippen molar-refractivity contribution in [3.8, 4) is 0 Å². The molecule has 3 rings (SSSR count). The average Bonchev–Trinajstić information content (AvgIpc) is 2.66. The molecule has 1 aromatic carbocycles. The minimum atomic E-state index is -3.46. The lowest BCUT2D eigenvalue weighted by Crippen LogP contribution is -2.52. The third-order valence-corrected chi connectivity index (χ3v) is 8.32. The largest absolute Gasteiger partial charge is 0.352 e. The number of nitrogens with zero attached hydrogens (tertiary/aromatic N) is 2. The predicted molar refractivity (Wildman–Crippen MR) is 110 cm³/mol. The number of piperazine rings is 1. The van der Waals surface area contributed by atoms with Crippen molar-refractivity contribution >= 4 is 15.9 Å². The van der Waals surface area contributed by atoms with Crippen LogP contribution in [0.5, 0.6) is 0 Å². The summed E-state index contributed by atoms with van der Waals surface area (Å²) in [5, 5.41) is 3.21. The lowest BCUT2D eigenvalue weighted by Gasteiger charge is -2.36. The molecule has 0 radical (unpaired) electrons. The fourth-order valence-electron chi connectivity index (χ4n) is 4.23. The van der Waals surface area contributed by atoms with Gasteiger partial charge in [0.15, 0.2) is 0 Å². The number of aryl methyl sites for hydroxylation is 1. The van der Waals surface area contributed by atoms with Crippen molar-refractivity contribution in [2.75, 3.05) is 32.7 Å². The van der Waals surface area contributed by atoms with Crippen LogP contribution in [-0.2, 0) is 14.8 Å². The zero-order chi connectivity index (χ0) is 20.3. The van der Waals surface area contributed by atoms with Crippen molar-refractivity contribution in [1.29, 1.82) is 0 Å². The highest BCUT2D eigenvalue weighted by Gasteiger charge is 2.31. The number of carbonyl (C=O) groups excluding carboxylic acids is 1. The summed E-state index contributed by atoms with van der Waals surface area (Å²) in [4.78, 5) is 14.9. The van der Waals surface area contributed by atoms with Crippen molar-refractivity contribution < 1.29 is 13.2 Å². The molecule has 0 spiro atoms. The molecule has 28 heavy (non-hydrogen) atoms. The summed E-state index contributed by atoms with van der Waals surface area (Å²) in [6, 6.07) is 7.23. The van der Waals surface area contributed by atoms with Crippen LogP contribution in [-0.4, -0.2) is 62.3 Å². The minimum Gasteiger partial charge on any atom is -0.352 e. The Morgan fingerprint density at radius 3 is 2.36 bits per heavy atom. The third kappa shape index (κ3) is 4.93. The molecule has 1 heterocycles. The van der Waals surface area contributed by atoms with Gasteiger partial charge in [-0.3, -0.25) is 9.69 Å². The molecule has 1 N–H and O–H groups in total. The van der Waals surface area contributed by atoms with E-state index in [1.165, 1.54) is 17.1 Å². The summed E-state index contributed by atoms with van der Waals surface area (Å²) >= 11 is 0. The molecule has 1 aliphatic heterocycles. The molecule has 0 aromatic heterocycles. The zero-order valence-electron chi connectivity index (χ0n) is 17.2. The number of hydrogen-bond donors (Lipinski definition) is 1. The fourth-order valence-corrected chi connectivity index (χ4v) is 5.65. The summed E-state index contributed by atoms with van der Waals surface area (Å²) in [6.07, 6.45) is 3.47. The Bertz CT molecular complexity index is 771. The number of benzene rings is 1. The number of carbonyl (C=O) groups is 1. The van der Waals surface area contributed by atoms with Crippen LogP contribution < -0.4 is 5.32 Å². The van der Waals surface area contributed by atoms with Crippen LogP contribution in [0.25, 0.3) is 0 Å². The molecular weight excluding hydrogens is 374 g/mol. The van der Waals surface area contributed by atoms with E-state index in [-0.39, 0.29) is 11.9 Å². The standard InChI is InChI=1S/C21H33N3O3S/c1-16-7-9-19(10-8-16)28(26,27)24-13-11-23(12-14-24)15-21(25)22-20-6-4-5-17(2)18(20)3/h7-10,17-18,20H,4-6,11-15H2,1-3H3,(H,22,25)/t17-,18-,20-/m0/s1. The van der Waals surface area contributed by atoms with Gasteiger partial charge in [-0.15, -0.1) is 0 Å². The molecule has 2 fully saturated rings. The van der Waals surface area contributed by atoms with Gasteiger partial charge in [0, 0.05) is 32.2 Å². The first-order chi connectivity index (χ1) is 13.3. The van der Waals surface area contributed by atoms with E-state index in [2.05, 4.69) is 19.2 Å². The van der Waals surface area contributed by atoms with Crippen molar-refractivity contribution in [1.82, 2.24) is 14.5 Å². The molecule has 0 unspecified atom stereocenters. The molecule has 1 aromatic rings. The fraction of sp³-hybridized carbons (Fsp3) is 0.667. The molecule has 1 saturated heterocycles. The number of rotatable bonds is 5. The summed E-state index contributed by atoms with van der Waals surface area (Å²) in [5.74, 6) is 1.21. The summed E-state index contributed by atoms with van der Waals surface area (Å²) in [6.45, 7) is 8.76. The van der Waals surface area contributed by atoms with E-state index in [9.17, 15) is 13.2 Å². The first-order valence-electron chi connectivity index (χ1n) is 10.4. The minimum absolute atomic E-state index is 0.0563. The first kappa shape index (κ1) is 21.3. The van der Waals surface area contributed by atoms with Gasteiger partial charge in [0.1, 0.15) is 0 Å². The monoisotopic (exact) mass is 407 g/mol. The van der Waals surface area contributed by atoms with Gasteiger partial charge in [-0.05, 0) is 37.3 Å². The highest BCUT2D eigenvalue weighted by Crippen LogP contribution is 2.29. The Labute approximate surface area is 169 Å². The molecule has 1 aliphatic carbocycles. The molecule has 156 valence electrons. The number of sulfonamides is 1. The Kier molecular flexibility index (Phi) is 6.78. The van der Waals surface area contributed by atoms with Gasteiger partial charge in [-0.1, -0.05) is 44.4 Å². The van der Waals surface area contributed by atoms with Crippen LogP contribution in [0.4, 0.5) is 0 Å². The highest BCUT2D eigenvalue weighted by molar-refractivity contribution is 7.89. The van der Waals surface area contributed by atoms with Crippen LogP contribution >= 0.6 is 0 Å². The second-order valence-corrected chi connectivity index (χ2v) is 10.4. The van der Waals surface area contributed by atoms with Crippen LogP contribution in [0.1, 0.15) is 38.7 Å². The quantitative estimate of drug-likeness (QED) is 0.813. The van der Waals surface area contributed by atoms with Crippen LogP contribution in [0, 0.1) is 18.8 Å². The smallest absolute Gasteiger partial charge is 0.243 e. The summed E-state index contributed by atoms with van der Waals surface area (Å²) < 4.78 is 27.1. The lowest BCUT2D eigenvalue weighted by molar-refractivity contribution is -0.124. The molecule has 1 saturated carbocycles. The van der Waals surface area contributed by atoms with E-state index >= 15 is 0 Å². The molecule has 0 bridgehead atoms. The van der Waals surface area contributed by atoms with E-state index in [1.807, 2.05) is 24.0 Å². The maximum Gasteiger partial charge on any atom is 0.243 e. The highest BCUT2D eigenvalue weighted by atomic mass is 32.2. The second-order valence-electron chi connectivity index (χ2n) is 8.43. The summed E-state index contributed by atoms with van der Waals surface area (Å²) in [7, 11) is -3.46. The Morgan fingerprint density at radius 2 is 1.71 bits per heavy atom. The van der Waals surface area contributed by atoms with Gasteiger partial charge < -0.3 is 5.32 Å². The Hall–Kier alpha value is -1.44. The van der Waals surface area contributed by atoms with Crippen LogP contribution in [0.3, 0.4) is 0 Å². The van der Waals surface area contributed by atoms with Crippen molar-refractivity contribution in [2.45, 2.75) is 51.0 Å². The van der Waals surface area contributed by atoms with Gasteiger partial charge in [0.2, 0.25) is 15.9 Å². The van der Waals surface area contributed by atoms with Crippen molar-refractivity contribution in [3.05, 3.63) is 29.8 Å². The molecule has 7 heteroatoms. The zero-order valence-corrected chi connectivity index (χ0v) is 18.0. The number of nitrogens with one attached hydrogen (secondary N) is 1. The third-order valence-electron chi connectivity index (χ3n) is 6.41. The second kappa shape index (κ2) is 8.93. The maximum absolute atomic E-state index is 12.8. The van der Waals surface area contributed by atoms with Crippen LogP contribution in [0.15, 0.2) is 29.2 Å². The van der Waals surface area contributed by atoms with Gasteiger partial charge >= 0.3 is 0 Å². The van der Waals surface area contributed by atoms with Gasteiger partial charge in [0.25, 0.3) is 0 Å².